The first kappa shape index (κ1) is 12.7. The monoisotopic (exact) mass is 231 g/mol. The lowest BCUT2D eigenvalue weighted by atomic mass is 10.2. The average molecular weight is 231 g/mol. The predicted molar refractivity (Wildman–Crippen MR) is 57.0 cm³/mol. The Kier molecular flexibility index (Phi) is 4.49. The minimum Gasteiger partial charge on any atom is -0.507 e. The van der Waals surface area contributed by atoms with Gasteiger partial charge >= 0.3 is 0 Å². The summed E-state index contributed by atoms with van der Waals surface area (Å²) in [7, 11) is 3.08. The Morgan fingerprint density at radius 2 is 2.12 bits per heavy atom. The van der Waals surface area contributed by atoms with E-state index in [-0.39, 0.29) is 18.8 Å². The van der Waals surface area contributed by atoms with Crippen LogP contribution in [0.1, 0.15) is 5.56 Å². The lowest BCUT2D eigenvalue weighted by molar-refractivity contribution is 0.0972. The summed E-state index contributed by atoms with van der Waals surface area (Å²) < 4.78 is 29.1. The maximum atomic E-state index is 12.1. The van der Waals surface area contributed by atoms with E-state index in [1.54, 1.807) is 19.2 Å². The summed E-state index contributed by atoms with van der Waals surface area (Å²) in [4.78, 5) is 1.45. The molecule has 0 spiro atoms. The van der Waals surface area contributed by atoms with Crippen LogP contribution in [-0.2, 0) is 6.54 Å². The standard InChI is InChI=1S/C11H15F2NO2/c1-14(7-11(12)13)6-8-3-4-9(16-2)5-10(8)15/h3-5,11,15H,6-7H2,1-2H3. The first-order valence-electron chi connectivity index (χ1n) is 4.85. The maximum Gasteiger partial charge on any atom is 0.251 e. The molecule has 1 N–H and O–H groups in total. The van der Waals surface area contributed by atoms with Crippen molar-refractivity contribution >= 4 is 0 Å². The maximum absolute atomic E-state index is 12.1. The molecule has 0 aliphatic heterocycles. The molecule has 0 radical (unpaired) electrons. The molecule has 3 nitrogen and oxygen atoms in total. The van der Waals surface area contributed by atoms with Gasteiger partial charge in [-0.15, -0.1) is 0 Å². The van der Waals surface area contributed by atoms with Crippen molar-refractivity contribution in [3.8, 4) is 11.5 Å². The van der Waals surface area contributed by atoms with Gasteiger partial charge < -0.3 is 9.84 Å². The molecule has 1 rings (SSSR count). The number of alkyl halides is 2. The summed E-state index contributed by atoms with van der Waals surface area (Å²) in [6.07, 6.45) is -2.37. The summed E-state index contributed by atoms with van der Waals surface area (Å²) in [5.74, 6) is 0.596. The van der Waals surface area contributed by atoms with E-state index in [1.807, 2.05) is 0 Å². The number of methoxy groups -OCH3 is 1. The summed E-state index contributed by atoms with van der Waals surface area (Å²) in [5.41, 5.74) is 0.601. The molecular formula is C11H15F2NO2. The van der Waals surface area contributed by atoms with Gasteiger partial charge in [0, 0.05) is 18.2 Å². The Hall–Kier alpha value is -1.36. The van der Waals surface area contributed by atoms with Crippen molar-refractivity contribution in [2.45, 2.75) is 13.0 Å². The summed E-state index contributed by atoms with van der Waals surface area (Å²) in [6.45, 7) is -0.0361. The highest BCUT2D eigenvalue weighted by molar-refractivity contribution is 5.39. The molecule has 0 saturated heterocycles. The van der Waals surface area contributed by atoms with Crippen molar-refractivity contribution in [2.75, 3.05) is 20.7 Å². The first-order valence-corrected chi connectivity index (χ1v) is 4.85. The summed E-state index contributed by atoms with van der Waals surface area (Å²) in [5, 5.41) is 9.61. The quantitative estimate of drug-likeness (QED) is 0.842. The number of phenolic OH excluding ortho intramolecular Hbond substituents is 1. The van der Waals surface area contributed by atoms with E-state index in [4.69, 9.17) is 4.74 Å². The zero-order valence-electron chi connectivity index (χ0n) is 9.28. The molecule has 0 atom stereocenters. The average Bonchev–Trinajstić information content (AvgIpc) is 2.19. The van der Waals surface area contributed by atoms with Crippen molar-refractivity contribution in [3.05, 3.63) is 23.8 Å². The van der Waals surface area contributed by atoms with Gasteiger partial charge in [-0.25, -0.2) is 8.78 Å². The van der Waals surface area contributed by atoms with E-state index >= 15 is 0 Å². The third kappa shape index (κ3) is 3.66. The van der Waals surface area contributed by atoms with E-state index in [0.29, 0.717) is 11.3 Å². The molecule has 0 fully saturated rings. The summed E-state index contributed by atoms with van der Waals surface area (Å²) in [6, 6.07) is 4.81. The lowest BCUT2D eigenvalue weighted by Crippen LogP contribution is -2.24. The molecule has 1 aromatic carbocycles. The highest BCUT2D eigenvalue weighted by Gasteiger charge is 2.10. The Balaban J connectivity index is 2.66. The Labute approximate surface area is 93.3 Å². The minimum absolute atomic E-state index is 0.0560. The smallest absolute Gasteiger partial charge is 0.251 e. The molecule has 16 heavy (non-hydrogen) atoms. The van der Waals surface area contributed by atoms with Crippen LogP contribution in [0, 0.1) is 0 Å². The topological polar surface area (TPSA) is 32.7 Å². The molecule has 0 aliphatic carbocycles. The van der Waals surface area contributed by atoms with Crippen molar-refractivity contribution in [2.24, 2.45) is 0 Å². The van der Waals surface area contributed by atoms with Gasteiger partial charge in [-0.05, 0) is 13.1 Å². The van der Waals surface area contributed by atoms with Crippen molar-refractivity contribution in [1.82, 2.24) is 4.90 Å². The number of rotatable bonds is 5. The van der Waals surface area contributed by atoms with E-state index in [1.165, 1.54) is 18.1 Å². The zero-order valence-corrected chi connectivity index (χ0v) is 9.28. The molecule has 0 amide bonds. The molecule has 5 heteroatoms. The summed E-state index contributed by atoms with van der Waals surface area (Å²) >= 11 is 0. The second kappa shape index (κ2) is 5.65. The van der Waals surface area contributed by atoms with Crippen LogP contribution in [0.5, 0.6) is 11.5 Å². The second-order valence-corrected chi connectivity index (χ2v) is 3.58. The Morgan fingerprint density at radius 1 is 1.44 bits per heavy atom. The first-order chi connectivity index (χ1) is 7.52. The number of hydrogen-bond acceptors (Lipinski definition) is 3. The second-order valence-electron chi connectivity index (χ2n) is 3.58. The molecule has 1 aromatic rings. The fourth-order valence-electron chi connectivity index (χ4n) is 1.40. The molecule has 90 valence electrons. The van der Waals surface area contributed by atoms with Gasteiger partial charge in [0.05, 0.1) is 13.7 Å². The number of benzene rings is 1. The van der Waals surface area contributed by atoms with Gasteiger partial charge in [-0.2, -0.15) is 0 Å². The minimum atomic E-state index is -2.37. The van der Waals surface area contributed by atoms with Crippen LogP contribution in [0.15, 0.2) is 18.2 Å². The molecule has 0 unspecified atom stereocenters. The molecule has 0 heterocycles. The zero-order chi connectivity index (χ0) is 12.1. The van der Waals surface area contributed by atoms with Gasteiger partial charge in [-0.1, -0.05) is 6.07 Å². The number of ether oxygens (including phenoxy) is 1. The Morgan fingerprint density at radius 3 is 2.62 bits per heavy atom. The van der Waals surface area contributed by atoms with Crippen LogP contribution in [0.4, 0.5) is 8.78 Å². The molecule has 0 saturated carbocycles. The van der Waals surface area contributed by atoms with Crippen molar-refractivity contribution < 1.29 is 18.6 Å². The third-order valence-corrected chi connectivity index (χ3v) is 2.18. The van der Waals surface area contributed by atoms with E-state index in [2.05, 4.69) is 0 Å². The third-order valence-electron chi connectivity index (χ3n) is 2.18. The lowest BCUT2D eigenvalue weighted by Gasteiger charge is -2.16. The Bertz CT molecular complexity index is 345. The number of hydrogen-bond donors (Lipinski definition) is 1. The fourth-order valence-corrected chi connectivity index (χ4v) is 1.40. The predicted octanol–water partition coefficient (Wildman–Crippen LogP) is 2.10. The van der Waals surface area contributed by atoms with Crippen LogP contribution in [-0.4, -0.2) is 37.1 Å². The van der Waals surface area contributed by atoms with Crippen LogP contribution in [0.3, 0.4) is 0 Å². The number of aromatic hydroxyl groups is 1. The number of phenols is 1. The molecule has 0 bridgehead atoms. The molecule has 0 aliphatic rings. The number of nitrogens with zero attached hydrogens (tertiary/aromatic N) is 1. The van der Waals surface area contributed by atoms with Gasteiger partial charge in [0.1, 0.15) is 11.5 Å². The van der Waals surface area contributed by atoms with Gasteiger partial charge in [-0.3, -0.25) is 4.90 Å². The van der Waals surface area contributed by atoms with Crippen LogP contribution < -0.4 is 4.74 Å². The highest BCUT2D eigenvalue weighted by Crippen LogP contribution is 2.24. The molecule has 0 aromatic heterocycles. The van der Waals surface area contributed by atoms with Crippen molar-refractivity contribution in [3.63, 3.8) is 0 Å². The van der Waals surface area contributed by atoms with Crippen LogP contribution >= 0.6 is 0 Å². The SMILES string of the molecule is COc1ccc(CN(C)CC(F)F)c(O)c1. The normalized spacial score (nSPS) is 11.1. The van der Waals surface area contributed by atoms with Crippen molar-refractivity contribution in [1.29, 1.82) is 0 Å². The number of halogens is 2. The van der Waals surface area contributed by atoms with Gasteiger partial charge in [0.2, 0.25) is 0 Å². The van der Waals surface area contributed by atoms with Crippen LogP contribution in [0.25, 0.3) is 0 Å². The van der Waals surface area contributed by atoms with E-state index in [0.717, 1.165) is 0 Å². The highest BCUT2D eigenvalue weighted by atomic mass is 19.3. The van der Waals surface area contributed by atoms with E-state index < -0.39 is 6.43 Å². The van der Waals surface area contributed by atoms with Gasteiger partial charge in [0.15, 0.2) is 0 Å². The fraction of sp³-hybridized carbons (Fsp3) is 0.455. The molecular weight excluding hydrogens is 216 g/mol. The largest absolute Gasteiger partial charge is 0.507 e. The van der Waals surface area contributed by atoms with E-state index in [9.17, 15) is 13.9 Å². The van der Waals surface area contributed by atoms with Gasteiger partial charge in [0.25, 0.3) is 6.43 Å². The van der Waals surface area contributed by atoms with Crippen LogP contribution in [0.2, 0.25) is 0 Å².